The van der Waals surface area contributed by atoms with Crippen molar-refractivity contribution >= 4 is 15.7 Å². The van der Waals surface area contributed by atoms with Crippen LogP contribution in [0.1, 0.15) is 20.3 Å². The van der Waals surface area contributed by atoms with Crippen molar-refractivity contribution in [1.82, 2.24) is 4.72 Å². The Kier molecular flexibility index (Phi) is 4.79. The zero-order valence-corrected chi connectivity index (χ0v) is 11.8. The fraction of sp³-hybridized carbons (Fsp3) is 0.455. The van der Waals surface area contributed by atoms with Gasteiger partial charge in [0.25, 0.3) is 0 Å². The minimum absolute atomic E-state index is 0.318. The van der Waals surface area contributed by atoms with Crippen LogP contribution in [0.4, 0.5) is 10.1 Å². The van der Waals surface area contributed by atoms with Gasteiger partial charge in [0.1, 0.15) is 0 Å². The van der Waals surface area contributed by atoms with E-state index in [1.54, 1.807) is 6.92 Å². The lowest BCUT2D eigenvalue weighted by atomic mass is 10.0. The molecule has 1 aromatic rings. The molecule has 0 amide bonds. The lowest BCUT2D eigenvalue weighted by Gasteiger charge is -2.26. The molecule has 0 aliphatic rings. The first-order chi connectivity index (χ1) is 9.15. The molecule has 7 nitrogen and oxygen atoms in total. The highest BCUT2D eigenvalue weighted by atomic mass is 32.2. The van der Waals surface area contributed by atoms with Gasteiger partial charge in [-0.3, -0.25) is 10.1 Å². The number of nitro benzene ring substituents is 1. The number of hydrogen-bond donors (Lipinski definition) is 2. The number of benzene rings is 1. The fourth-order valence-electron chi connectivity index (χ4n) is 1.40. The Morgan fingerprint density at radius 1 is 1.50 bits per heavy atom. The zero-order valence-electron chi connectivity index (χ0n) is 11.0. The molecule has 9 heteroatoms. The minimum atomic E-state index is -4.08. The molecule has 1 aromatic carbocycles. The number of nitrogens with zero attached hydrogens (tertiary/aromatic N) is 1. The van der Waals surface area contributed by atoms with Gasteiger partial charge in [0, 0.05) is 12.1 Å². The molecule has 20 heavy (non-hydrogen) atoms. The van der Waals surface area contributed by atoms with Crippen molar-refractivity contribution in [2.45, 2.75) is 30.7 Å². The van der Waals surface area contributed by atoms with Crippen molar-refractivity contribution < 1.29 is 22.8 Å². The zero-order chi connectivity index (χ0) is 15.6. The van der Waals surface area contributed by atoms with Gasteiger partial charge in [-0.1, -0.05) is 6.92 Å². The number of rotatable bonds is 6. The Labute approximate surface area is 115 Å². The van der Waals surface area contributed by atoms with Crippen LogP contribution in [0.5, 0.6) is 0 Å². The molecule has 0 bridgehead atoms. The van der Waals surface area contributed by atoms with Crippen molar-refractivity contribution in [1.29, 1.82) is 0 Å². The molecule has 0 heterocycles. The molecule has 0 aliphatic carbocycles. The predicted molar refractivity (Wildman–Crippen MR) is 69.2 cm³/mol. The molecule has 1 rings (SSSR count). The van der Waals surface area contributed by atoms with Gasteiger partial charge < -0.3 is 5.11 Å². The second-order valence-electron chi connectivity index (χ2n) is 4.55. The molecule has 0 aromatic heterocycles. The summed E-state index contributed by atoms with van der Waals surface area (Å²) >= 11 is 0. The van der Waals surface area contributed by atoms with Crippen LogP contribution < -0.4 is 4.72 Å². The molecule has 112 valence electrons. The Morgan fingerprint density at radius 3 is 2.50 bits per heavy atom. The maximum Gasteiger partial charge on any atom is 0.304 e. The summed E-state index contributed by atoms with van der Waals surface area (Å²) in [7, 11) is -4.08. The maximum atomic E-state index is 13.4. The summed E-state index contributed by atoms with van der Waals surface area (Å²) in [6.45, 7) is 2.74. The summed E-state index contributed by atoms with van der Waals surface area (Å²) in [5.74, 6) is -1.24. The molecule has 0 radical (unpaired) electrons. The van der Waals surface area contributed by atoms with Crippen molar-refractivity contribution in [2.75, 3.05) is 6.61 Å². The SMILES string of the molecule is CCC(C)(CO)NS(=O)(=O)c1ccc([N+](=O)[O-])c(F)c1. The van der Waals surface area contributed by atoms with Gasteiger partial charge in [0.15, 0.2) is 0 Å². The minimum Gasteiger partial charge on any atom is -0.394 e. The van der Waals surface area contributed by atoms with E-state index in [0.29, 0.717) is 12.5 Å². The summed E-state index contributed by atoms with van der Waals surface area (Å²) in [5.41, 5.74) is -1.89. The number of aliphatic hydroxyl groups is 1. The molecule has 1 unspecified atom stereocenters. The first-order valence-electron chi connectivity index (χ1n) is 5.74. The summed E-state index contributed by atoms with van der Waals surface area (Å²) in [6, 6.07) is 2.30. The highest BCUT2D eigenvalue weighted by Gasteiger charge is 2.29. The normalized spacial score (nSPS) is 14.8. The van der Waals surface area contributed by atoms with E-state index < -0.39 is 43.5 Å². The molecule has 0 saturated carbocycles. The first-order valence-corrected chi connectivity index (χ1v) is 7.22. The summed E-state index contributed by atoms with van der Waals surface area (Å²) in [4.78, 5) is 9.09. The van der Waals surface area contributed by atoms with Crippen molar-refractivity contribution in [3.8, 4) is 0 Å². The van der Waals surface area contributed by atoms with Crippen LogP contribution >= 0.6 is 0 Å². The Hall–Kier alpha value is -1.58. The Balaban J connectivity index is 3.17. The number of sulfonamides is 1. The van der Waals surface area contributed by atoms with Gasteiger partial charge in [0.2, 0.25) is 15.8 Å². The van der Waals surface area contributed by atoms with Crippen LogP contribution in [-0.2, 0) is 10.0 Å². The lowest BCUT2D eigenvalue weighted by molar-refractivity contribution is -0.387. The van der Waals surface area contributed by atoms with Crippen LogP contribution in [0, 0.1) is 15.9 Å². The van der Waals surface area contributed by atoms with E-state index in [-0.39, 0.29) is 0 Å². The molecule has 1 atom stereocenters. The molecule has 2 N–H and O–H groups in total. The van der Waals surface area contributed by atoms with E-state index >= 15 is 0 Å². The number of nitrogens with one attached hydrogen (secondary N) is 1. The molecule has 0 fully saturated rings. The largest absolute Gasteiger partial charge is 0.394 e. The highest BCUT2D eigenvalue weighted by molar-refractivity contribution is 7.89. The van der Waals surface area contributed by atoms with E-state index in [1.165, 1.54) is 6.92 Å². The van der Waals surface area contributed by atoms with Gasteiger partial charge in [0.05, 0.1) is 22.0 Å². The average molecular weight is 306 g/mol. The molecule has 0 spiro atoms. The van der Waals surface area contributed by atoms with Crippen molar-refractivity contribution in [3.63, 3.8) is 0 Å². The summed E-state index contributed by atoms with van der Waals surface area (Å²) in [6.07, 6.45) is 0.318. The average Bonchev–Trinajstić information content (AvgIpc) is 2.37. The molecule has 0 saturated heterocycles. The third-order valence-corrected chi connectivity index (χ3v) is 4.57. The van der Waals surface area contributed by atoms with Crippen LogP contribution in [0.2, 0.25) is 0 Å². The third kappa shape index (κ3) is 3.50. The van der Waals surface area contributed by atoms with Crippen LogP contribution in [-0.4, -0.2) is 30.6 Å². The summed E-state index contributed by atoms with van der Waals surface area (Å²) < 4.78 is 39.8. The number of aliphatic hydroxyl groups excluding tert-OH is 1. The first kappa shape index (κ1) is 16.5. The van der Waals surface area contributed by atoms with E-state index in [9.17, 15) is 28.0 Å². The standard InChI is InChI=1S/C11H15FN2O5S/c1-3-11(2,7-15)13-20(18,19)8-4-5-10(14(16)17)9(12)6-8/h4-6,13,15H,3,7H2,1-2H3. The predicted octanol–water partition coefficient (Wildman–Crippen LogP) is 1.17. The number of hydrogen-bond acceptors (Lipinski definition) is 5. The van der Waals surface area contributed by atoms with E-state index in [1.807, 2.05) is 0 Å². The second kappa shape index (κ2) is 5.81. The molecule has 0 aliphatic heterocycles. The van der Waals surface area contributed by atoms with E-state index in [4.69, 9.17) is 0 Å². The number of halogens is 1. The van der Waals surface area contributed by atoms with Gasteiger partial charge in [-0.2, -0.15) is 4.39 Å². The highest BCUT2D eigenvalue weighted by Crippen LogP contribution is 2.22. The van der Waals surface area contributed by atoms with Gasteiger partial charge in [-0.25, -0.2) is 13.1 Å². The van der Waals surface area contributed by atoms with Gasteiger partial charge in [-0.05, 0) is 19.4 Å². The maximum absolute atomic E-state index is 13.4. The molecular formula is C11H15FN2O5S. The van der Waals surface area contributed by atoms with Crippen LogP contribution in [0.25, 0.3) is 0 Å². The Bertz CT molecular complexity index is 613. The molecular weight excluding hydrogens is 291 g/mol. The number of nitro groups is 1. The van der Waals surface area contributed by atoms with Gasteiger partial charge >= 0.3 is 5.69 Å². The second-order valence-corrected chi connectivity index (χ2v) is 6.23. The fourth-order valence-corrected chi connectivity index (χ4v) is 2.88. The van der Waals surface area contributed by atoms with Crippen LogP contribution in [0.15, 0.2) is 23.1 Å². The summed E-state index contributed by atoms with van der Waals surface area (Å²) in [5, 5.41) is 19.6. The monoisotopic (exact) mass is 306 g/mol. The topological polar surface area (TPSA) is 110 Å². The smallest absolute Gasteiger partial charge is 0.304 e. The van der Waals surface area contributed by atoms with Crippen molar-refractivity contribution in [2.24, 2.45) is 0 Å². The Morgan fingerprint density at radius 2 is 2.10 bits per heavy atom. The van der Waals surface area contributed by atoms with Crippen molar-refractivity contribution in [3.05, 3.63) is 34.1 Å². The van der Waals surface area contributed by atoms with E-state index in [0.717, 1.165) is 12.1 Å². The van der Waals surface area contributed by atoms with E-state index in [2.05, 4.69) is 4.72 Å². The van der Waals surface area contributed by atoms with Crippen LogP contribution in [0.3, 0.4) is 0 Å². The lowest BCUT2D eigenvalue weighted by Crippen LogP contribution is -2.48. The quantitative estimate of drug-likeness (QED) is 0.605. The van der Waals surface area contributed by atoms with Gasteiger partial charge in [-0.15, -0.1) is 0 Å². The third-order valence-electron chi connectivity index (χ3n) is 2.94.